The Kier molecular flexibility index (Phi) is 5.60. The van der Waals surface area contributed by atoms with E-state index in [9.17, 15) is 9.90 Å². The molecular weight excluding hydrogens is 408 g/mol. The van der Waals surface area contributed by atoms with Crippen LogP contribution in [0.15, 0.2) is 93.9 Å². The van der Waals surface area contributed by atoms with Crippen LogP contribution in [0.4, 0.5) is 11.4 Å². The molecular formula is C24H20N4O2S. The fraction of sp³-hybridized carbons (Fsp3) is 0.0833. The zero-order valence-corrected chi connectivity index (χ0v) is 17.9. The predicted octanol–water partition coefficient (Wildman–Crippen LogP) is 6.10. The maximum Gasteiger partial charge on any atom is 0.290 e. The Morgan fingerprint density at radius 1 is 0.774 bits per heavy atom. The number of rotatable bonds is 4. The third-order valence-electron chi connectivity index (χ3n) is 4.96. The number of nitrogens with zero attached hydrogens (tertiary/aromatic N) is 4. The number of aromatic hydroxyl groups is 1. The van der Waals surface area contributed by atoms with Gasteiger partial charge in [-0.2, -0.15) is 0 Å². The molecule has 0 amide bonds. The SMILES string of the molecule is Cc1ccccc1N=Nc1c(O)n(-c2ccccc2C)c(=S)n(-c2ccccc2)c1=O. The second kappa shape index (κ2) is 8.49. The van der Waals surface area contributed by atoms with Crippen molar-refractivity contribution in [3.63, 3.8) is 0 Å². The van der Waals surface area contributed by atoms with Crippen LogP contribution in [-0.4, -0.2) is 14.2 Å². The Morgan fingerprint density at radius 3 is 2.06 bits per heavy atom. The number of azo groups is 1. The number of aromatic nitrogens is 2. The lowest BCUT2D eigenvalue weighted by molar-refractivity contribution is 0.432. The van der Waals surface area contributed by atoms with Crippen LogP contribution in [0.2, 0.25) is 0 Å². The van der Waals surface area contributed by atoms with Crippen molar-refractivity contribution in [2.24, 2.45) is 10.2 Å². The van der Waals surface area contributed by atoms with Gasteiger partial charge in [-0.1, -0.05) is 54.6 Å². The van der Waals surface area contributed by atoms with Gasteiger partial charge in [0.1, 0.15) is 0 Å². The largest absolute Gasteiger partial charge is 0.492 e. The van der Waals surface area contributed by atoms with E-state index in [0.29, 0.717) is 17.1 Å². The van der Waals surface area contributed by atoms with Crippen molar-refractivity contribution >= 4 is 23.6 Å². The minimum atomic E-state index is -0.545. The van der Waals surface area contributed by atoms with Crippen molar-refractivity contribution in [2.45, 2.75) is 13.8 Å². The quantitative estimate of drug-likeness (QED) is 0.315. The lowest BCUT2D eigenvalue weighted by Crippen LogP contribution is -2.23. The van der Waals surface area contributed by atoms with E-state index < -0.39 is 5.56 Å². The lowest BCUT2D eigenvalue weighted by Gasteiger charge is -2.17. The highest BCUT2D eigenvalue weighted by molar-refractivity contribution is 7.71. The third-order valence-corrected chi connectivity index (χ3v) is 5.32. The predicted molar refractivity (Wildman–Crippen MR) is 124 cm³/mol. The van der Waals surface area contributed by atoms with Gasteiger partial charge < -0.3 is 5.11 Å². The lowest BCUT2D eigenvalue weighted by atomic mass is 10.2. The van der Waals surface area contributed by atoms with Crippen LogP contribution in [0.3, 0.4) is 0 Å². The van der Waals surface area contributed by atoms with Gasteiger partial charge in [-0.05, 0) is 61.5 Å². The molecule has 0 atom stereocenters. The fourth-order valence-electron chi connectivity index (χ4n) is 3.29. The van der Waals surface area contributed by atoms with Crippen LogP contribution in [-0.2, 0) is 0 Å². The summed E-state index contributed by atoms with van der Waals surface area (Å²) in [5.41, 5.74) is 2.89. The summed E-state index contributed by atoms with van der Waals surface area (Å²) < 4.78 is 2.94. The van der Waals surface area contributed by atoms with E-state index in [0.717, 1.165) is 11.1 Å². The average molecular weight is 429 g/mol. The molecule has 0 bridgehead atoms. The molecule has 6 nitrogen and oxygen atoms in total. The van der Waals surface area contributed by atoms with Gasteiger partial charge in [0.05, 0.1) is 17.1 Å². The van der Waals surface area contributed by atoms with E-state index >= 15 is 0 Å². The highest BCUT2D eigenvalue weighted by Gasteiger charge is 2.20. The van der Waals surface area contributed by atoms with Crippen LogP contribution in [0.5, 0.6) is 5.88 Å². The molecule has 1 N–H and O–H groups in total. The van der Waals surface area contributed by atoms with Gasteiger partial charge in [-0.3, -0.25) is 13.9 Å². The summed E-state index contributed by atoms with van der Waals surface area (Å²) in [6.07, 6.45) is 0. The van der Waals surface area contributed by atoms with Gasteiger partial charge >= 0.3 is 0 Å². The second-order valence-corrected chi connectivity index (χ2v) is 7.40. The molecule has 1 heterocycles. The van der Waals surface area contributed by atoms with E-state index in [1.54, 1.807) is 18.2 Å². The average Bonchev–Trinajstić information content (AvgIpc) is 2.77. The number of hydrogen-bond acceptors (Lipinski definition) is 5. The van der Waals surface area contributed by atoms with Crippen molar-refractivity contribution in [2.75, 3.05) is 0 Å². The van der Waals surface area contributed by atoms with Gasteiger partial charge in [-0.15, -0.1) is 10.2 Å². The molecule has 0 aliphatic rings. The smallest absolute Gasteiger partial charge is 0.290 e. The number of benzene rings is 3. The molecule has 0 unspecified atom stereocenters. The summed E-state index contributed by atoms with van der Waals surface area (Å²) in [5, 5.41) is 19.5. The van der Waals surface area contributed by atoms with Crippen LogP contribution in [0.1, 0.15) is 11.1 Å². The normalized spacial score (nSPS) is 11.2. The molecule has 31 heavy (non-hydrogen) atoms. The van der Waals surface area contributed by atoms with E-state index in [2.05, 4.69) is 10.2 Å². The third kappa shape index (κ3) is 3.83. The fourth-order valence-corrected chi connectivity index (χ4v) is 3.66. The van der Waals surface area contributed by atoms with E-state index in [1.165, 1.54) is 9.13 Å². The first-order valence-electron chi connectivity index (χ1n) is 9.69. The van der Waals surface area contributed by atoms with Crippen molar-refractivity contribution < 1.29 is 5.11 Å². The van der Waals surface area contributed by atoms with Gasteiger partial charge in [-0.25, -0.2) is 0 Å². The van der Waals surface area contributed by atoms with Crippen LogP contribution >= 0.6 is 12.2 Å². The van der Waals surface area contributed by atoms with Gasteiger partial charge in [0, 0.05) is 0 Å². The van der Waals surface area contributed by atoms with Crippen molar-refractivity contribution in [1.82, 2.24) is 9.13 Å². The Morgan fingerprint density at radius 2 is 1.39 bits per heavy atom. The molecule has 0 fully saturated rings. The molecule has 4 aromatic rings. The maximum absolute atomic E-state index is 13.4. The first-order chi connectivity index (χ1) is 15.0. The zero-order chi connectivity index (χ0) is 22.0. The molecule has 0 aliphatic heterocycles. The highest BCUT2D eigenvalue weighted by Crippen LogP contribution is 2.30. The van der Waals surface area contributed by atoms with E-state index in [1.807, 2.05) is 74.5 Å². The topological polar surface area (TPSA) is 71.9 Å². The van der Waals surface area contributed by atoms with Crippen LogP contribution in [0.25, 0.3) is 11.4 Å². The monoisotopic (exact) mass is 428 g/mol. The summed E-state index contributed by atoms with van der Waals surface area (Å²) in [4.78, 5) is 13.4. The highest BCUT2D eigenvalue weighted by atomic mass is 32.1. The standard InChI is InChI=1S/C24H20N4O2S/c1-16-10-6-8-14-19(16)25-26-21-22(29)27(18-12-4-3-5-13-18)24(31)28(23(21)30)20-15-9-7-11-17(20)2/h3-15,30H,1-2H3. The van der Waals surface area contributed by atoms with Crippen LogP contribution < -0.4 is 5.56 Å². The number of para-hydroxylation sites is 2. The number of hydrogen-bond donors (Lipinski definition) is 1. The minimum absolute atomic E-state index is 0.137. The summed E-state index contributed by atoms with van der Waals surface area (Å²) >= 11 is 5.64. The Bertz CT molecular complexity index is 1410. The Hall–Kier alpha value is -3.84. The van der Waals surface area contributed by atoms with Crippen molar-refractivity contribution in [3.8, 4) is 17.3 Å². The molecule has 3 aromatic carbocycles. The number of aryl methyl sites for hydroxylation is 2. The van der Waals surface area contributed by atoms with Crippen molar-refractivity contribution in [3.05, 3.63) is 105 Å². The van der Waals surface area contributed by atoms with Gasteiger partial charge in [0.2, 0.25) is 11.6 Å². The Labute approximate surface area is 184 Å². The van der Waals surface area contributed by atoms with Crippen LogP contribution in [0, 0.1) is 18.6 Å². The molecule has 0 radical (unpaired) electrons. The molecule has 0 spiro atoms. The second-order valence-electron chi connectivity index (χ2n) is 7.04. The molecule has 0 aliphatic carbocycles. The van der Waals surface area contributed by atoms with Crippen molar-refractivity contribution in [1.29, 1.82) is 0 Å². The molecule has 0 saturated carbocycles. The molecule has 7 heteroatoms. The molecule has 154 valence electrons. The summed E-state index contributed by atoms with van der Waals surface area (Å²) in [6, 6.07) is 23.9. The molecule has 1 aromatic heterocycles. The first-order valence-corrected chi connectivity index (χ1v) is 10.1. The zero-order valence-electron chi connectivity index (χ0n) is 17.1. The summed E-state index contributed by atoms with van der Waals surface area (Å²) in [7, 11) is 0. The van der Waals surface area contributed by atoms with E-state index in [-0.39, 0.29) is 16.3 Å². The van der Waals surface area contributed by atoms with Gasteiger partial charge in [0.15, 0.2) is 4.77 Å². The van der Waals surface area contributed by atoms with Gasteiger partial charge in [0.25, 0.3) is 5.56 Å². The van der Waals surface area contributed by atoms with E-state index in [4.69, 9.17) is 12.2 Å². The Balaban J connectivity index is 2.05. The first kappa shape index (κ1) is 20.4. The minimum Gasteiger partial charge on any atom is -0.492 e. The molecule has 4 rings (SSSR count). The maximum atomic E-state index is 13.4. The summed E-state index contributed by atoms with van der Waals surface area (Å²) in [6.45, 7) is 3.80. The summed E-state index contributed by atoms with van der Waals surface area (Å²) in [5.74, 6) is -0.353. The molecule has 0 saturated heterocycles.